The van der Waals surface area contributed by atoms with E-state index in [0.717, 1.165) is 12.1 Å². The van der Waals surface area contributed by atoms with Gasteiger partial charge in [0.05, 0.1) is 4.92 Å². The highest BCUT2D eigenvalue weighted by Crippen LogP contribution is 2.24. The van der Waals surface area contributed by atoms with Gasteiger partial charge in [-0.05, 0) is 13.0 Å². The molecule has 0 fully saturated rings. The molecule has 0 aliphatic carbocycles. The molecule has 1 heterocycles. The lowest BCUT2D eigenvalue weighted by atomic mass is 10.1. The van der Waals surface area contributed by atoms with Crippen LogP contribution in [-0.2, 0) is 6.61 Å². The Balaban J connectivity index is 2.18. The number of aryl methyl sites for hydroxylation is 1. The third-order valence-corrected chi connectivity index (χ3v) is 2.46. The van der Waals surface area contributed by atoms with Crippen molar-refractivity contribution in [2.75, 3.05) is 0 Å². The van der Waals surface area contributed by atoms with Crippen molar-refractivity contribution in [1.82, 2.24) is 5.16 Å². The van der Waals surface area contributed by atoms with Gasteiger partial charge in [-0.25, -0.2) is 4.79 Å². The number of nitro benzene ring substituents is 1. The van der Waals surface area contributed by atoms with Crippen molar-refractivity contribution in [2.45, 2.75) is 13.5 Å². The summed E-state index contributed by atoms with van der Waals surface area (Å²) in [4.78, 5) is 20.9. The SMILES string of the molecule is Cc1cc(COc2ccc([N+](=O)[O-])c(C(=O)O)c2)no1. The van der Waals surface area contributed by atoms with Gasteiger partial charge in [-0.15, -0.1) is 0 Å². The molecule has 1 aromatic heterocycles. The van der Waals surface area contributed by atoms with E-state index in [-0.39, 0.29) is 12.4 Å². The van der Waals surface area contributed by atoms with E-state index in [1.165, 1.54) is 6.07 Å². The van der Waals surface area contributed by atoms with Crippen LogP contribution in [0.5, 0.6) is 5.75 Å². The number of carboxylic acid groups (broad SMARTS) is 1. The molecule has 0 aliphatic rings. The number of benzene rings is 1. The average Bonchev–Trinajstić information content (AvgIpc) is 2.81. The van der Waals surface area contributed by atoms with Crippen molar-refractivity contribution >= 4 is 11.7 Å². The average molecular weight is 278 g/mol. The second-order valence-corrected chi connectivity index (χ2v) is 3.96. The predicted molar refractivity (Wildman–Crippen MR) is 65.6 cm³/mol. The summed E-state index contributed by atoms with van der Waals surface area (Å²) in [5.74, 6) is -0.563. The summed E-state index contributed by atoms with van der Waals surface area (Å²) in [7, 11) is 0. The van der Waals surface area contributed by atoms with Gasteiger partial charge >= 0.3 is 5.97 Å². The first-order valence-electron chi connectivity index (χ1n) is 5.54. The van der Waals surface area contributed by atoms with Crippen LogP contribution in [0.4, 0.5) is 5.69 Å². The Morgan fingerprint density at radius 1 is 1.50 bits per heavy atom. The number of hydrogen-bond donors (Lipinski definition) is 1. The van der Waals surface area contributed by atoms with E-state index in [4.69, 9.17) is 14.4 Å². The van der Waals surface area contributed by atoms with Gasteiger partial charge in [-0.2, -0.15) is 0 Å². The lowest BCUT2D eigenvalue weighted by Crippen LogP contribution is -2.04. The van der Waals surface area contributed by atoms with Crippen molar-refractivity contribution in [2.24, 2.45) is 0 Å². The van der Waals surface area contributed by atoms with Crippen LogP contribution in [0.2, 0.25) is 0 Å². The maximum Gasteiger partial charge on any atom is 0.342 e. The topological polar surface area (TPSA) is 116 Å². The van der Waals surface area contributed by atoms with Crippen molar-refractivity contribution in [1.29, 1.82) is 0 Å². The quantitative estimate of drug-likeness (QED) is 0.658. The lowest BCUT2D eigenvalue weighted by Gasteiger charge is -2.05. The molecular formula is C12H10N2O6. The Hall–Kier alpha value is -2.90. The number of carboxylic acids is 1. The molecular weight excluding hydrogens is 268 g/mol. The van der Waals surface area contributed by atoms with Crippen molar-refractivity contribution < 1.29 is 24.1 Å². The third-order valence-electron chi connectivity index (χ3n) is 2.46. The van der Waals surface area contributed by atoms with Crippen molar-refractivity contribution in [3.05, 3.63) is 51.4 Å². The summed E-state index contributed by atoms with van der Waals surface area (Å²) in [6.07, 6.45) is 0. The first-order chi connectivity index (χ1) is 9.47. The fraction of sp³-hybridized carbons (Fsp3) is 0.167. The normalized spacial score (nSPS) is 10.2. The molecule has 0 bridgehead atoms. The summed E-state index contributed by atoms with van der Waals surface area (Å²) >= 11 is 0. The smallest absolute Gasteiger partial charge is 0.342 e. The Morgan fingerprint density at radius 3 is 2.80 bits per heavy atom. The van der Waals surface area contributed by atoms with Crippen LogP contribution >= 0.6 is 0 Å². The van der Waals surface area contributed by atoms with Gasteiger partial charge in [0.25, 0.3) is 5.69 Å². The van der Waals surface area contributed by atoms with E-state index in [0.29, 0.717) is 11.5 Å². The Kier molecular flexibility index (Phi) is 3.65. The molecule has 2 rings (SSSR count). The van der Waals surface area contributed by atoms with Crippen LogP contribution in [0.1, 0.15) is 21.8 Å². The molecule has 20 heavy (non-hydrogen) atoms. The summed E-state index contributed by atoms with van der Waals surface area (Å²) in [6, 6.07) is 5.20. The fourth-order valence-electron chi connectivity index (χ4n) is 1.58. The molecule has 1 aromatic carbocycles. The molecule has 104 valence electrons. The molecule has 1 N–H and O–H groups in total. The zero-order valence-electron chi connectivity index (χ0n) is 10.4. The van der Waals surface area contributed by atoms with Crippen LogP contribution in [0.25, 0.3) is 0 Å². The number of nitro groups is 1. The molecule has 0 radical (unpaired) electrons. The maximum atomic E-state index is 11.0. The van der Waals surface area contributed by atoms with E-state index < -0.39 is 22.1 Å². The molecule has 0 atom stereocenters. The number of hydrogen-bond acceptors (Lipinski definition) is 6. The minimum atomic E-state index is -1.39. The van der Waals surface area contributed by atoms with E-state index in [2.05, 4.69) is 5.16 Å². The zero-order valence-corrected chi connectivity index (χ0v) is 10.4. The second-order valence-electron chi connectivity index (χ2n) is 3.96. The van der Waals surface area contributed by atoms with Crippen LogP contribution in [0.3, 0.4) is 0 Å². The van der Waals surface area contributed by atoms with Crippen molar-refractivity contribution in [3.8, 4) is 5.75 Å². The maximum absolute atomic E-state index is 11.0. The number of ether oxygens (including phenoxy) is 1. The van der Waals surface area contributed by atoms with Gasteiger partial charge in [0.15, 0.2) is 0 Å². The summed E-state index contributed by atoms with van der Waals surface area (Å²) < 4.78 is 10.2. The van der Waals surface area contributed by atoms with E-state index in [1.54, 1.807) is 13.0 Å². The first-order valence-corrected chi connectivity index (χ1v) is 5.54. The molecule has 0 spiro atoms. The Labute approximate surface area is 112 Å². The van der Waals surface area contributed by atoms with Crippen LogP contribution < -0.4 is 4.74 Å². The van der Waals surface area contributed by atoms with Gasteiger partial charge in [0.2, 0.25) is 0 Å². The molecule has 2 aromatic rings. The minimum absolute atomic E-state index is 0.0776. The largest absolute Gasteiger partial charge is 0.487 e. The van der Waals surface area contributed by atoms with E-state index in [9.17, 15) is 14.9 Å². The third kappa shape index (κ3) is 2.91. The van der Waals surface area contributed by atoms with Gasteiger partial charge < -0.3 is 14.4 Å². The highest BCUT2D eigenvalue weighted by Gasteiger charge is 2.20. The summed E-state index contributed by atoms with van der Waals surface area (Å²) in [5, 5.41) is 23.3. The van der Waals surface area contributed by atoms with Gasteiger partial charge in [0, 0.05) is 18.2 Å². The summed E-state index contributed by atoms with van der Waals surface area (Å²) in [6.45, 7) is 1.80. The zero-order chi connectivity index (χ0) is 14.7. The molecule has 8 nitrogen and oxygen atoms in total. The second kappa shape index (κ2) is 5.39. The molecule has 0 saturated carbocycles. The molecule has 0 amide bonds. The van der Waals surface area contributed by atoms with Crippen LogP contribution in [0, 0.1) is 17.0 Å². The standard InChI is InChI=1S/C12H10N2O6/c1-7-4-8(13-20-7)6-19-9-2-3-11(14(17)18)10(5-9)12(15)16/h2-5H,6H2,1H3,(H,15,16). The van der Waals surface area contributed by atoms with Crippen LogP contribution in [-0.4, -0.2) is 21.2 Å². The minimum Gasteiger partial charge on any atom is -0.487 e. The number of nitrogens with zero attached hydrogens (tertiary/aromatic N) is 2. The van der Waals surface area contributed by atoms with Gasteiger partial charge in [-0.3, -0.25) is 10.1 Å². The Bertz CT molecular complexity index is 664. The molecule has 0 unspecified atom stereocenters. The van der Waals surface area contributed by atoms with E-state index >= 15 is 0 Å². The Morgan fingerprint density at radius 2 is 2.25 bits per heavy atom. The van der Waals surface area contributed by atoms with Crippen molar-refractivity contribution in [3.63, 3.8) is 0 Å². The molecule has 8 heteroatoms. The lowest BCUT2D eigenvalue weighted by molar-refractivity contribution is -0.385. The highest BCUT2D eigenvalue weighted by atomic mass is 16.6. The summed E-state index contributed by atoms with van der Waals surface area (Å²) in [5.41, 5.74) is -0.372. The monoisotopic (exact) mass is 278 g/mol. The fourth-order valence-corrected chi connectivity index (χ4v) is 1.58. The number of aromatic carboxylic acids is 1. The predicted octanol–water partition coefficient (Wildman–Crippen LogP) is 2.17. The first kappa shape index (κ1) is 13.5. The van der Waals surface area contributed by atoms with E-state index in [1.807, 2.05) is 0 Å². The number of rotatable bonds is 5. The van der Waals surface area contributed by atoms with Gasteiger partial charge in [-0.1, -0.05) is 5.16 Å². The highest BCUT2D eigenvalue weighted by molar-refractivity contribution is 5.92. The van der Waals surface area contributed by atoms with Crippen LogP contribution in [0.15, 0.2) is 28.8 Å². The van der Waals surface area contributed by atoms with Gasteiger partial charge in [0.1, 0.15) is 29.4 Å². The molecule has 0 saturated heterocycles. The molecule has 0 aliphatic heterocycles. The number of carbonyl (C=O) groups is 1. The number of aromatic nitrogens is 1.